The number of nitrogens with one attached hydrogen (secondary N) is 1. The molecule has 0 aliphatic carbocycles. The Balaban J connectivity index is 2.02. The van der Waals surface area contributed by atoms with Gasteiger partial charge >= 0.3 is 0 Å². The van der Waals surface area contributed by atoms with E-state index in [1.165, 1.54) is 12.1 Å². The molecule has 0 amide bonds. The summed E-state index contributed by atoms with van der Waals surface area (Å²) in [4.78, 5) is 11.1. The number of rotatable bonds is 2. The predicted molar refractivity (Wildman–Crippen MR) is 67.2 cm³/mol. The van der Waals surface area contributed by atoms with E-state index in [0.717, 1.165) is 17.3 Å². The molecule has 0 aliphatic rings. The minimum Gasteiger partial charge on any atom is -0.338 e. The number of aromatic amines is 1. The van der Waals surface area contributed by atoms with Gasteiger partial charge in [-0.3, -0.25) is 4.98 Å². The van der Waals surface area contributed by atoms with Gasteiger partial charge in [0.1, 0.15) is 17.5 Å². The van der Waals surface area contributed by atoms with Gasteiger partial charge in [0.25, 0.3) is 0 Å². The van der Waals surface area contributed by atoms with Crippen LogP contribution in [-0.2, 0) is 0 Å². The molecule has 0 saturated carbocycles. The van der Waals surface area contributed by atoms with Crippen molar-refractivity contribution in [1.29, 1.82) is 0 Å². The molecule has 2 heterocycles. The topological polar surface area (TPSA) is 41.6 Å². The highest BCUT2D eigenvalue weighted by Gasteiger charge is 2.10. The molecule has 2 aromatic heterocycles. The van der Waals surface area contributed by atoms with Gasteiger partial charge in [-0.05, 0) is 24.3 Å². The Hall–Kier alpha value is -2.56. The second-order valence-corrected chi connectivity index (χ2v) is 4.01. The maximum Gasteiger partial charge on any atom is 0.140 e. The Kier molecular flexibility index (Phi) is 2.79. The molecule has 5 heteroatoms. The quantitative estimate of drug-likeness (QED) is 0.764. The number of hydrogen-bond acceptors (Lipinski definition) is 2. The van der Waals surface area contributed by atoms with Crippen LogP contribution < -0.4 is 0 Å². The average molecular weight is 257 g/mol. The molecule has 0 saturated heterocycles. The fourth-order valence-corrected chi connectivity index (χ4v) is 1.81. The van der Waals surface area contributed by atoms with Crippen LogP contribution in [0.1, 0.15) is 0 Å². The molecule has 0 aliphatic heterocycles. The van der Waals surface area contributed by atoms with Crippen molar-refractivity contribution in [3.05, 3.63) is 60.6 Å². The van der Waals surface area contributed by atoms with Gasteiger partial charge < -0.3 is 4.98 Å². The number of pyridine rings is 1. The third-order valence-electron chi connectivity index (χ3n) is 2.73. The second-order valence-electron chi connectivity index (χ2n) is 4.01. The van der Waals surface area contributed by atoms with Crippen LogP contribution in [0.5, 0.6) is 0 Å². The number of H-pyrrole nitrogens is 1. The summed E-state index contributed by atoms with van der Waals surface area (Å²) in [6.45, 7) is 0. The van der Waals surface area contributed by atoms with Gasteiger partial charge in [0.05, 0.1) is 17.5 Å². The summed E-state index contributed by atoms with van der Waals surface area (Å²) < 4.78 is 26.5. The monoisotopic (exact) mass is 257 g/mol. The summed E-state index contributed by atoms with van der Waals surface area (Å²) in [6, 6.07) is 7.06. The Bertz CT molecular complexity index is 708. The molecule has 0 atom stereocenters. The maximum atomic E-state index is 13.6. The van der Waals surface area contributed by atoms with Crippen LogP contribution in [0.25, 0.3) is 22.6 Å². The lowest BCUT2D eigenvalue weighted by Crippen LogP contribution is -1.88. The lowest BCUT2D eigenvalue weighted by Gasteiger charge is -1.99. The highest BCUT2D eigenvalue weighted by molar-refractivity contribution is 5.63. The number of halogens is 2. The van der Waals surface area contributed by atoms with Gasteiger partial charge in [-0.15, -0.1) is 0 Å². The lowest BCUT2D eigenvalue weighted by atomic mass is 10.2. The van der Waals surface area contributed by atoms with Crippen molar-refractivity contribution >= 4 is 0 Å². The normalized spacial score (nSPS) is 10.6. The minimum atomic E-state index is -0.646. The summed E-state index contributed by atoms with van der Waals surface area (Å²) >= 11 is 0. The van der Waals surface area contributed by atoms with Crippen LogP contribution in [0.4, 0.5) is 8.78 Å². The molecule has 0 radical (unpaired) electrons. The van der Waals surface area contributed by atoms with Crippen molar-refractivity contribution < 1.29 is 8.78 Å². The van der Waals surface area contributed by atoms with Gasteiger partial charge in [0.2, 0.25) is 0 Å². The van der Waals surface area contributed by atoms with E-state index in [-0.39, 0.29) is 5.56 Å². The van der Waals surface area contributed by atoms with E-state index in [9.17, 15) is 8.78 Å². The van der Waals surface area contributed by atoms with E-state index in [0.29, 0.717) is 5.82 Å². The van der Waals surface area contributed by atoms with Crippen LogP contribution in [0.2, 0.25) is 0 Å². The molecule has 0 unspecified atom stereocenters. The van der Waals surface area contributed by atoms with Gasteiger partial charge in [0.15, 0.2) is 0 Å². The molecule has 1 N–H and O–H groups in total. The molecule has 3 aromatic rings. The first-order valence-corrected chi connectivity index (χ1v) is 5.65. The molecule has 94 valence electrons. The van der Waals surface area contributed by atoms with Gasteiger partial charge in [-0.1, -0.05) is 0 Å². The minimum absolute atomic E-state index is 0.233. The fourth-order valence-electron chi connectivity index (χ4n) is 1.81. The Morgan fingerprint density at radius 3 is 2.68 bits per heavy atom. The second kappa shape index (κ2) is 4.61. The van der Waals surface area contributed by atoms with E-state index in [4.69, 9.17) is 0 Å². The molecular weight excluding hydrogens is 248 g/mol. The number of imidazole rings is 1. The molecule has 19 heavy (non-hydrogen) atoms. The zero-order chi connectivity index (χ0) is 13.2. The first-order valence-electron chi connectivity index (χ1n) is 5.65. The van der Waals surface area contributed by atoms with E-state index in [2.05, 4.69) is 15.0 Å². The third kappa shape index (κ3) is 2.22. The van der Waals surface area contributed by atoms with E-state index in [1.807, 2.05) is 6.07 Å². The van der Waals surface area contributed by atoms with Crippen LogP contribution in [-0.4, -0.2) is 15.0 Å². The molecule has 3 nitrogen and oxygen atoms in total. The SMILES string of the molecule is Fc1ccc(-c2ncc(-c3cccnc3)[nH]2)c(F)c1. The first kappa shape index (κ1) is 11.5. The molecular formula is C14H9F2N3. The highest BCUT2D eigenvalue weighted by Crippen LogP contribution is 2.23. The molecule has 1 aromatic carbocycles. The highest BCUT2D eigenvalue weighted by atomic mass is 19.1. The first-order chi connectivity index (χ1) is 9.24. The number of aromatic nitrogens is 3. The zero-order valence-electron chi connectivity index (χ0n) is 9.77. The zero-order valence-corrected chi connectivity index (χ0v) is 9.77. The van der Waals surface area contributed by atoms with Crippen molar-refractivity contribution in [1.82, 2.24) is 15.0 Å². The summed E-state index contributed by atoms with van der Waals surface area (Å²) in [5.41, 5.74) is 1.81. The molecule has 0 bridgehead atoms. The lowest BCUT2D eigenvalue weighted by molar-refractivity contribution is 0.585. The smallest absolute Gasteiger partial charge is 0.140 e. The summed E-state index contributed by atoms with van der Waals surface area (Å²) in [7, 11) is 0. The molecule has 3 rings (SSSR count). The number of nitrogens with zero attached hydrogens (tertiary/aromatic N) is 2. The van der Waals surface area contributed by atoms with Crippen LogP contribution in [0.15, 0.2) is 48.9 Å². The third-order valence-corrected chi connectivity index (χ3v) is 2.73. The van der Waals surface area contributed by atoms with E-state index < -0.39 is 11.6 Å². The van der Waals surface area contributed by atoms with Crippen LogP contribution >= 0.6 is 0 Å². The Labute approximate surface area is 108 Å². The van der Waals surface area contributed by atoms with E-state index in [1.54, 1.807) is 24.7 Å². The van der Waals surface area contributed by atoms with Crippen LogP contribution in [0.3, 0.4) is 0 Å². The van der Waals surface area contributed by atoms with Gasteiger partial charge in [0, 0.05) is 24.0 Å². The Morgan fingerprint density at radius 1 is 1.05 bits per heavy atom. The Morgan fingerprint density at radius 2 is 1.95 bits per heavy atom. The average Bonchev–Trinajstić information content (AvgIpc) is 2.89. The summed E-state index contributed by atoms with van der Waals surface area (Å²) in [5, 5.41) is 0. The van der Waals surface area contributed by atoms with Crippen molar-refractivity contribution in [2.45, 2.75) is 0 Å². The van der Waals surface area contributed by atoms with Crippen molar-refractivity contribution in [2.24, 2.45) is 0 Å². The van der Waals surface area contributed by atoms with E-state index >= 15 is 0 Å². The van der Waals surface area contributed by atoms with Gasteiger partial charge in [-0.2, -0.15) is 0 Å². The number of benzene rings is 1. The van der Waals surface area contributed by atoms with Gasteiger partial charge in [-0.25, -0.2) is 13.8 Å². The number of hydrogen-bond donors (Lipinski definition) is 1. The summed E-state index contributed by atoms with van der Waals surface area (Å²) in [5.74, 6) is -0.899. The molecule has 0 spiro atoms. The summed E-state index contributed by atoms with van der Waals surface area (Å²) in [6.07, 6.45) is 4.94. The largest absolute Gasteiger partial charge is 0.338 e. The van der Waals surface area contributed by atoms with Crippen molar-refractivity contribution in [3.63, 3.8) is 0 Å². The fraction of sp³-hybridized carbons (Fsp3) is 0. The van der Waals surface area contributed by atoms with Crippen LogP contribution in [0, 0.1) is 11.6 Å². The van der Waals surface area contributed by atoms with Crippen molar-refractivity contribution in [2.75, 3.05) is 0 Å². The molecule has 0 fully saturated rings. The van der Waals surface area contributed by atoms with Crippen molar-refractivity contribution in [3.8, 4) is 22.6 Å². The maximum absolute atomic E-state index is 13.6. The predicted octanol–water partition coefficient (Wildman–Crippen LogP) is 3.42. The standard InChI is InChI=1S/C14H9F2N3/c15-10-3-4-11(12(16)6-10)14-18-8-13(19-14)9-2-1-5-17-7-9/h1-8H,(H,18,19).